The third kappa shape index (κ3) is 3.90. The maximum Gasteiger partial charge on any atom is 0.319 e. The Morgan fingerprint density at radius 2 is 2.00 bits per heavy atom. The monoisotopic (exact) mass is 325 g/mol. The number of nitrogens with one attached hydrogen (secondary N) is 1. The summed E-state index contributed by atoms with van der Waals surface area (Å²) in [6, 6.07) is 0. The molecule has 1 fully saturated rings. The summed E-state index contributed by atoms with van der Waals surface area (Å²) < 4.78 is 5.50. The molecular weight excluding hydrogens is 305 g/mol. The number of rotatable bonds is 3. The Labute approximate surface area is 105 Å². The fourth-order valence-electron chi connectivity index (χ4n) is 1.94. The molecule has 0 saturated carbocycles. The highest BCUT2D eigenvalue weighted by Crippen LogP contribution is 2.29. The highest BCUT2D eigenvalue weighted by atomic mass is 127. The zero-order valence-corrected chi connectivity index (χ0v) is 11.8. The Hall–Kier alpha value is 0.160. The van der Waals surface area contributed by atoms with E-state index in [0.29, 0.717) is 5.92 Å². The van der Waals surface area contributed by atoms with Crippen LogP contribution in [0.15, 0.2) is 0 Å². The number of hydrogen-bond donors (Lipinski definition) is 1. The van der Waals surface area contributed by atoms with Crippen molar-refractivity contribution in [1.82, 2.24) is 5.32 Å². The third-order valence-electron chi connectivity index (χ3n) is 3.01. The van der Waals surface area contributed by atoms with E-state index < -0.39 is 0 Å². The summed E-state index contributed by atoms with van der Waals surface area (Å²) in [5.74, 6) is 0.386. The van der Waals surface area contributed by atoms with E-state index in [1.807, 2.05) is 20.8 Å². The van der Waals surface area contributed by atoms with Crippen LogP contribution in [0.5, 0.6) is 0 Å². The zero-order chi connectivity index (χ0) is 11.5. The van der Waals surface area contributed by atoms with Gasteiger partial charge in [0.05, 0.1) is 0 Å². The number of carbonyl (C=O) groups is 1. The molecule has 0 amide bonds. The van der Waals surface area contributed by atoms with Crippen molar-refractivity contribution in [1.29, 1.82) is 0 Å². The van der Waals surface area contributed by atoms with E-state index in [9.17, 15) is 4.79 Å². The topological polar surface area (TPSA) is 38.3 Å². The second-order valence-corrected chi connectivity index (χ2v) is 6.53. The molecule has 1 aliphatic rings. The number of carbonyl (C=O) groups excluding carboxylic acids is 1. The van der Waals surface area contributed by atoms with E-state index in [1.54, 1.807) is 0 Å². The molecule has 88 valence electrons. The molecule has 1 aliphatic heterocycles. The Morgan fingerprint density at radius 3 is 2.47 bits per heavy atom. The quantitative estimate of drug-likeness (QED) is 0.491. The van der Waals surface area contributed by atoms with Gasteiger partial charge in [0.2, 0.25) is 0 Å². The third-order valence-corrected chi connectivity index (χ3v) is 3.52. The van der Waals surface area contributed by atoms with Crippen LogP contribution in [0.4, 0.5) is 0 Å². The number of alkyl halides is 1. The van der Waals surface area contributed by atoms with E-state index in [0.717, 1.165) is 25.9 Å². The lowest BCUT2D eigenvalue weighted by Gasteiger charge is -2.37. The molecule has 1 saturated heterocycles. The van der Waals surface area contributed by atoms with Gasteiger partial charge in [-0.15, -0.1) is 0 Å². The van der Waals surface area contributed by atoms with Crippen molar-refractivity contribution < 1.29 is 9.53 Å². The van der Waals surface area contributed by atoms with E-state index in [-0.39, 0.29) is 15.5 Å². The molecular formula is C11H20INO2. The molecule has 0 aromatic carbocycles. The van der Waals surface area contributed by atoms with Gasteiger partial charge in [-0.1, -0.05) is 22.6 Å². The summed E-state index contributed by atoms with van der Waals surface area (Å²) in [4.78, 5) is 11.6. The highest BCUT2D eigenvalue weighted by molar-refractivity contribution is 14.1. The predicted octanol–water partition coefficient (Wildman–Crippen LogP) is 2.13. The Kier molecular flexibility index (Phi) is 4.83. The highest BCUT2D eigenvalue weighted by Gasteiger charge is 2.34. The summed E-state index contributed by atoms with van der Waals surface area (Å²) in [5, 5.41) is 3.32. The molecule has 0 bridgehead atoms. The van der Waals surface area contributed by atoms with Crippen LogP contribution in [0.3, 0.4) is 0 Å². The van der Waals surface area contributed by atoms with Gasteiger partial charge in [0.25, 0.3) is 0 Å². The average molecular weight is 325 g/mol. The molecule has 1 rings (SSSR count). The number of hydrogen-bond acceptors (Lipinski definition) is 3. The molecule has 0 aromatic heterocycles. The van der Waals surface area contributed by atoms with Crippen LogP contribution in [0.2, 0.25) is 0 Å². The van der Waals surface area contributed by atoms with Crippen molar-refractivity contribution in [2.24, 2.45) is 5.92 Å². The Morgan fingerprint density at radius 1 is 1.47 bits per heavy atom. The molecule has 15 heavy (non-hydrogen) atoms. The minimum absolute atomic E-state index is 0.0661. The van der Waals surface area contributed by atoms with Crippen molar-refractivity contribution in [3.05, 3.63) is 0 Å². The lowest BCUT2D eigenvalue weighted by atomic mass is 9.83. The summed E-state index contributed by atoms with van der Waals surface area (Å²) in [7, 11) is 0. The van der Waals surface area contributed by atoms with Gasteiger partial charge in [-0.05, 0) is 46.7 Å². The summed E-state index contributed by atoms with van der Waals surface area (Å²) in [6.45, 7) is 7.98. The molecule has 1 unspecified atom stereocenters. The van der Waals surface area contributed by atoms with Crippen LogP contribution in [-0.4, -0.2) is 28.6 Å². The maximum absolute atomic E-state index is 11.6. The summed E-state index contributed by atoms with van der Waals surface area (Å²) in [6.07, 6.45) is 2.19. The maximum atomic E-state index is 11.6. The standard InChI is InChI=1S/C11H20INO2/c1-8(12)10(14)15-11(2,3)9-4-6-13-7-5-9/h8-9,13H,4-7H2,1-3H3. The largest absolute Gasteiger partial charge is 0.459 e. The molecule has 0 aromatic rings. The molecule has 4 heteroatoms. The van der Waals surface area contributed by atoms with Crippen LogP contribution >= 0.6 is 22.6 Å². The summed E-state index contributed by atoms with van der Waals surface area (Å²) >= 11 is 2.09. The van der Waals surface area contributed by atoms with Crippen molar-refractivity contribution in [2.75, 3.05) is 13.1 Å². The van der Waals surface area contributed by atoms with Gasteiger partial charge < -0.3 is 10.1 Å². The fourth-order valence-corrected chi connectivity index (χ4v) is 2.07. The zero-order valence-electron chi connectivity index (χ0n) is 9.68. The minimum Gasteiger partial charge on any atom is -0.459 e. The summed E-state index contributed by atoms with van der Waals surface area (Å²) in [5.41, 5.74) is -0.321. The molecule has 0 spiro atoms. The normalized spacial score (nSPS) is 21.1. The van der Waals surface area contributed by atoms with Gasteiger partial charge in [0, 0.05) is 5.92 Å². The van der Waals surface area contributed by atoms with Gasteiger partial charge in [-0.25, -0.2) is 0 Å². The van der Waals surface area contributed by atoms with Gasteiger partial charge in [-0.2, -0.15) is 0 Å². The molecule has 1 N–H and O–H groups in total. The number of ether oxygens (including phenoxy) is 1. The first-order chi connectivity index (χ1) is 6.93. The van der Waals surface area contributed by atoms with Crippen molar-refractivity contribution in [2.45, 2.75) is 43.1 Å². The minimum atomic E-state index is -0.321. The molecule has 1 heterocycles. The van der Waals surface area contributed by atoms with Crippen LogP contribution in [0.1, 0.15) is 33.6 Å². The van der Waals surface area contributed by atoms with Gasteiger partial charge in [0.1, 0.15) is 9.53 Å². The Bertz CT molecular complexity index is 223. The van der Waals surface area contributed by atoms with Gasteiger partial charge in [-0.3, -0.25) is 4.79 Å². The van der Waals surface area contributed by atoms with E-state index in [4.69, 9.17) is 4.74 Å². The van der Waals surface area contributed by atoms with E-state index in [1.165, 1.54) is 0 Å². The first-order valence-electron chi connectivity index (χ1n) is 5.51. The SMILES string of the molecule is CC(I)C(=O)OC(C)(C)C1CCNCC1. The molecule has 3 nitrogen and oxygen atoms in total. The fraction of sp³-hybridized carbons (Fsp3) is 0.909. The molecule has 0 aliphatic carbocycles. The lowest BCUT2D eigenvalue weighted by molar-refractivity contribution is -0.161. The smallest absolute Gasteiger partial charge is 0.319 e. The number of halogens is 1. The first-order valence-corrected chi connectivity index (χ1v) is 6.75. The van der Waals surface area contributed by atoms with Gasteiger partial charge >= 0.3 is 5.97 Å². The van der Waals surface area contributed by atoms with Crippen LogP contribution in [-0.2, 0) is 9.53 Å². The molecule has 1 atom stereocenters. The van der Waals surface area contributed by atoms with E-state index >= 15 is 0 Å². The van der Waals surface area contributed by atoms with Crippen LogP contribution < -0.4 is 5.32 Å². The predicted molar refractivity (Wildman–Crippen MR) is 69.2 cm³/mol. The molecule has 0 radical (unpaired) electrons. The average Bonchev–Trinajstić information content (AvgIpc) is 2.18. The first kappa shape index (κ1) is 13.2. The van der Waals surface area contributed by atoms with Crippen molar-refractivity contribution >= 4 is 28.6 Å². The number of esters is 1. The van der Waals surface area contributed by atoms with Crippen molar-refractivity contribution in [3.8, 4) is 0 Å². The van der Waals surface area contributed by atoms with E-state index in [2.05, 4.69) is 27.9 Å². The van der Waals surface area contributed by atoms with Gasteiger partial charge in [0.15, 0.2) is 0 Å². The number of piperidine rings is 1. The second-order valence-electron chi connectivity index (χ2n) is 4.66. The Balaban J connectivity index is 2.52. The second kappa shape index (κ2) is 5.48. The van der Waals surface area contributed by atoms with Crippen LogP contribution in [0, 0.1) is 5.92 Å². The van der Waals surface area contributed by atoms with Crippen molar-refractivity contribution in [3.63, 3.8) is 0 Å². The lowest BCUT2D eigenvalue weighted by Crippen LogP contribution is -2.43. The van der Waals surface area contributed by atoms with Crippen LogP contribution in [0.25, 0.3) is 0 Å².